The van der Waals surface area contributed by atoms with Gasteiger partial charge in [-0.3, -0.25) is 0 Å². The maximum Gasteiger partial charge on any atom is 0.341 e. The van der Waals surface area contributed by atoms with E-state index in [1.165, 1.54) is 32.1 Å². The third-order valence-electron chi connectivity index (χ3n) is 2.63. The smallest absolute Gasteiger partial charge is 0.341 e. The van der Waals surface area contributed by atoms with Crippen LogP contribution in [0.4, 0.5) is 0 Å². The summed E-state index contributed by atoms with van der Waals surface area (Å²) in [6, 6.07) is -1.56. The van der Waals surface area contributed by atoms with Gasteiger partial charge in [0.15, 0.2) is 8.32 Å². The van der Waals surface area contributed by atoms with Crippen LogP contribution < -0.4 is 0 Å². The highest BCUT2D eigenvalue weighted by Gasteiger charge is 2.23. The van der Waals surface area contributed by atoms with Crippen LogP contribution in [0.15, 0.2) is 0 Å². The largest absolute Gasteiger partial charge is 0.419 e. The zero-order valence-corrected chi connectivity index (χ0v) is 18.3. The van der Waals surface area contributed by atoms with E-state index in [-0.39, 0.29) is 0 Å². The molecule has 0 radical (unpaired) electrons. The molecule has 0 saturated heterocycles. The Morgan fingerprint density at radius 2 is 1.44 bits per heavy atom. The first kappa shape index (κ1) is 19.5. The van der Waals surface area contributed by atoms with Gasteiger partial charge in [-0.05, 0) is 32.1 Å². The average molecular weight is 366 g/mol. The molecule has 0 bridgehead atoms. The maximum absolute atomic E-state index is 6.06. The van der Waals surface area contributed by atoms with Gasteiger partial charge >= 0.3 is 6.00 Å². The fourth-order valence-corrected chi connectivity index (χ4v) is 7.66. The van der Waals surface area contributed by atoms with E-state index in [0.717, 1.165) is 22.7 Å². The first-order valence-corrected chi connectivity index (χ1v) is 16.7. The van der Waals surface area contributed by atoms with Crippen LogP contribution in [0.2, 0.25) is 25.7 Å². The summed E-state index contributed by atoms with van der Waals surface area (Å²) in [6.45, 7) is 6.79. The first-order valence-electron chi connectivity index (χ1n) is 6.85. The number of halogens is 3. The van der Waals surface area contributed by atoms with Crippen molar-refractivity contribution in [1.29, 1.82) is 0 Å². The summed E-state index contributed by atoms with van der Waals surface area (Å²) in [5, 5.41) is 0. The molecule has 18 heavy (non-hydrogen) atoms. The van der Waals surface area contributed by atoms with Crippen molar-refractivity contribution in [2.75, 3.05) is 0 Å². The van der Waals surface area contributed by atoms with Crippen LogP contribution in [-0.4, -0.2) is 30.3 Å². The van der Waals surface area contributed by atoms with Crippen LogP contribution in [0.25, 0.3) is 0 Å². The average Bonchev–Trinajstić information content (AvgIpc) is 2.11. The Labute approximate surface area is 132 Å². The predicted octanol–water partition coefficient (Wildman–Crippen LogP) is 4.53. The molecule has 0 amide bonds. The van der Waals surface area contributed by atoms with E-state index in [1.54, 1.807) is 0 Å². The normalized spacial score (nSPS) is 15.0. The van der Waals surface area contributed by atoms with Gasteiger partial charge < -0.3 is 4.43 Å². The van der Waals surface area contributed by atoms with Gasteiger partial charge in [-0.2, -0.15) is 0 Å². The zero-order valence-electron chi connectivity index (χ0n) is 12.1. The highest BCUT2D eigenvalue weighted by atomic mass is 35.8. The molecular formula is C11H27Cl3OSi3. The van der Waals surface area contributed by atoms with Crippen molar-refractivity contribution in [3.8, 4) is 0 Å². The number of hydrogen-bond acceptors (Lipinski definition) is 1. The summed E-state index contributed by atoms with van der Waals surface area (Å²) in [7, 11) is -0.178. The Bertz CT molecular complexity index is 217. The SMILES string of the molecule is C[Si](C)(C)OC([SiH3])CCCCCCC[Si](Cl)(Cl)Cl. The molecule has 110 valence electrons. The molecule has 0 aromatic carbocycles. The molecule has 0 spiro atoms. The van der Waals surface area contributed by atoms with Gasteiger partial charge in [-0.25, -0.2) is 0 Å². The third-order valence-corrected chi connectivity index (χ3v) is 7.64. The molecule has 0 saturated carbocycles. The molecule has 0 aliphatic heterocycles. The molecule has 1 atom stereocenters. The lowest BCUT2D eigenvalue weighted by Crippen LogP contribution is -2.32. The summed E-state index contributed by atoms with van der Waals surface area (Å²) in [6.07, 6.45) is 7.32. The van der Waals surface area contributed by atoms with Crippen LogP contribution >= 0.6 is 33.2 Å². The van der Waals surface area contributed by atoms with E-state index in [1.807, 2.05) is 0 Å². The lowest BCUT2D eigenvalue weighted by Gasteiger charge is -2.23. The van der Waals surface area contributed by atoms with E-state index < -0.39 is 14.3 Å². The van der Waals surface area contributed by atoms with Gasteiger partial charge in [0.05, 0.1) is 0 Å². The Hall–Kier alpha value is 1.48. The predicted molar refractivity (Wildman–Crippen MR) is 94.0 cm³/mol. The molecule has 0 aromatic rings. The van der Waals surface area contributed by atoms with Gasteiger partial charge in [0.2, 0.25) is 0 Å². The molecule has 0 heterocycles. The first-order chi connectivity index (χ1) is 8.10. The van der Waals surface area contributed by atoms with Crippen LogP contribution in [0.3, 0.4) is 0 Å². The Morgan fingerprint density at radius 1 is 0.944 bits per heavy atom. The molecule has 1 unspecified atom stereocenters. The van der Waals surface area contributed by atoms with Crippen molar-refractivity contribution >= 4 is 57.8 Å². The monoisotopic (exact) mass is 364 g/mol. The Kier molecular flexibility index (Phi) is 10.2. The quantitative estimate of drug-likeness (QED) is 0.314. The van der Waals surface area contributed by atoms with Gasteiger partial charge in [0.25, 0.3) is 0 Å². The second-order valence-corrected chi connectivity index (χ2v) is 21.0. The minimum Gasteiger partial charge on any atom is -0.419 e. The topological polar surface area (TPSA) is 9.23 Å². The number of hydrogen-bond donors (Lipinski definition) is 0. The molecule has 0 aromatic heterocycles. The van der Waals surface area contributed by atoms with Crippen molar-refractivity contribution < 1.29 is 4.43 Å². The van der Waals surface area contributed by atoms with Crippen molar-refractivity contribution in [2.24, 2.45) is 0 Å². The Balaban J connectivity index is 3.36. The fourth-order valence-electron chi connectivity index (χ4n) is 1.95. The number of rotatable bonds is 10. The van der Waals surface area contributed by atoms with Crippen molar-refractivity contribution in [3.05, 3.63) is 0 Å². The second-order valence-electron chi connectivity index (χ2n) is 5.96. The van der Waals surface area contributed by atoms with Crippen LogP contribution in [0.5, 0.6) is 0 Å². The van der Waals surface area contributed by atoms with Gasteiger partial charge in [-0.15, -0.1) is 33.2 Å². The fraction of sp³-hybridized carbons (Fsp3) is 1.00. The van der Waals surface area contributed by atoms with Crippen LogP contribution in [0, 0.1) is 0 Å². The van der Waals surface area contributed by atoms with Crippen molar-refractivity contribution in [1.82, 2.24) is 0 Å². The van der Waals surface area contributed by atoms with Crippen LogP contribution in [0.1, 0.15) is 38.5 Å². The summed E-state index contributed by atoms with van der Waals surface area (Å²) in [5.41, 5.74) is 0.547. The van der Waals surface area contributed by atoms with Crippen LogP contribution in [-0.2, 0) is 4.43 Å². The summed E-state index contributed by atoms with van der Waals surface area (Å²) < 4.78 is 6.06. The van der Waals surface area contributed by atoms with Crippen molar-refractivity contribution in [2.45, 2.75) is 69.9 Å². The zero-order chi connectivity index (χ0) is 14.2. The van der Waals surface area contributed by atoms with Gasteiger partial charge in [-0.1, -0.05) is 32.1 Å². The van der Waals surface area contributed by atoms with E-state index in [4.69, 9.17) is 37.7 Å². The molecule has 7 heteroatoms. The van der Waals surface area contributed by atoms with E-state index in [0.29, 0.717) is 5.73 Å². The highest BCUT2D eigenvalue weighted by Crippen LogP contribution is 2.27. The minimum absolute atomic E-state index is 0.547. The second kappa shape index (κ2) is 9.42. The van der Waals surface area contributed by atoms with Gasteiger partial charge in [0.1, 0.15) is 0 Å². The maximum atomic E-state index is 6.06. The molecule has 1 nitrogen and oxygen atoms in total. The lowest BCUT2D eigenvalue weighted by atomic mass is 10.1. The third kappa shape index (κ3) is 15.5. The molecular weight excluding hydrogens is 339 g/mol. The lowest BCUT2D eigenvalue weighted by molar-refractivity contribution is 0.257. The minimum atomic E-state index is -2.36. The van der Waals surface area contributed by atoms with Crippen molar-refractivity contribution in [3.63, 3.8) is 0 Å². The van der Waals surface area contributed by atoms with E-state index in [9.17, 15) is 0 Å². The molecule has 0 N–H and O–H groups in total. The van der Waals surface area contributed by atoms with E-state index >= 15 is 0 Å². The molecule has 0 fully saturated rings. The highest BCUT2D eigenvalue weighted by molar-refractivity contribution is 7.64. The van der Waals surface area contributed by atoms with Gasteiger partial charge in [0, 0.05) is 16.0 Å². The molecule has 0 rings (SSSR count). The number of unbranched alkanes of at least 4 members (excludes halogenated alkanes) is 4. The molecule has 0 aliphatic carbocycles. The summed E-state index contributed by atoms with van der Waals surface area (Å²) in [4.78, 5) is 0. The molecule has 0 aliphatic rings. The Morgan fingerprint density at radius 3 is 1.94 bits per heavy atom. The summed E-state index contributed by atoms with van der Waals surface area (Å²) >= 11 is 17.5. The van der Waals surface area contributed by atoms with E-state index in [2.05, 4.69) is 19.6 Å². The summed E-state index contributed by atoms with van der Waals surface area (Å²) in [5.74, 6) is 0. The standard InChI is InChI=1S/C11H27Cl3OSi3/c1-17(2,3)15-11(16)9-7-5-4-6-8-10-18(12,13)14/h11H,4-10H2,1-3,16H3.